The third-order valence-corrected chi connectivity index (χ3v) is 3.96. The van der Waals surface area contributed by atoms with Gasteiger partial charge < -0.3 is 15.5 Å². The number of aliphatic hydroxyl groups excluding tert-OH is 1. The maximum absolute atomic E-state index is 11.9. The van der Waals surface area contributed by atoms with Crippen LogP contribution in [0.25, 0.3) is 0 Å². The summed E-state index contributed by atoms with van der Waals surface area (Å²) in [5, 5.41) is 22.1. The molecule has 1 unspecified atom stereocenters. The molecule has 4 nitrogen and oxygen atoms in total. The molecule has 1 amide bonds. The number of rotatable bonds is 4. The van der Waals surface area contributed by atoms with Crippen molar-refractivity contribution in [3.63, 3.8) is 0 Å². The molecule has 0 aliphatic carbocycles. The number of phenols is 1. The van der Waals surface area contributed by atoms with Gasteiger partial charge in [0.25, 0.3) is 5.91 Å². The fourth-order valence-corrected chi connectivity index (χ4v) is 3.11. The Kier molecular flexibility index (Phi) is 6.12. The largest absolute Gasteiger partial charge is 0.506 e. The SMILES string of the molecule is CC(C)C(O)CNC(=O)c1cc(I)cc(I)c1O. The molecule has 0 spiro atoms. The highest BCUT2D eigenvalue weighted by Crippen LogP contribution is 2.26. The van der Waals surface area contributed by atoms with Crippen LogP contribution in [0.5, 0.6) is 5.75 Å². The van der Waals surface area contributed by atoms with E-state index >= 15 is 0 Å². The Morgan fingerprint density at radius 2 is 2.00 bits per heavy atom. The zero-order valence-electron chi connectivity index (χ0n) is 10.1. The summed E-state index contributed by atoms with van der Waals surface area (Å²) in [5.41, 5.74) is 0.238. The summed E-state index contributed by atoms with van der Waals surface area (Å²) in [4.78, 5) is 11.9. The third-order valence-electron chi connectivity index (χ3n) is 2.51. The van der Waals surface area contributed by atoms with Gasteiger partial charge in [-0.3, -0.25) is 4.79 Å². The fraction of sp³-hybridized carbons (Fsp3) is 0.417. The van der Waals surface area contributed by atoms with Crippen molar-refractivity contribution in [3.8, 4) is 5.75 Å². The molecule has 1 aromatic carbocycles. The van der Waals surface area contributed by atoms with Crippen LogP contribution in [0, 0.1) is 13.1 Å². The van der Waals surface area contributed by atoms with Gasteiger partial charge in [-0.1, -0.05) is 13.8 Å². The number of amides is 1. The van der Waals surface area contributed by atoms with Crippen LogP contribution in [-0.4, -0.2) is 28.8 Å². The second-order valence-electron chi connectivity index (χ2n) is 4.31. The summed E-state index contributed by atoms with van der Waals surface area (Å²) in [7, 11) is 0. The van der Waals surface area contributed by atoms with E-state index in [1.165, 1.54) is 0 Å². The maximum atomic E-state index is 11.9. The summed E-state index contributed by atoms with van der Waals surface area (Å²) in [6, 6.07) is 3.41. The summed E-state index contributed by atoms with van der Waals surface area (Å²) < 4.78 is 1.51. The topological polar surface area (TPSA) is 69.6 Å². The lowest BCUT2D eigenvalue weighted by atomic mass is 10.1. The molecule has 0 aromatic heterocycles. The van der Waals surface area contributed by atoms with Crippen molar-refractivity contribution in [1.82, 2.24) is 5.32 Å². The molecule has 100 valence electrons. The van der Waals surface area contributed by atoms with E-state index in [-0.39, 0.29) is 29.7 Å². The highest BCUT2D eigenvalue weighted by Gasteiger charge is 2.16. The van der Waals surface area contributed by atoms with Gasteiger partial charge in [0, 0.05) is 10.1 Å². The Balaban J connectivity index is 2.79. The predicted octanol–water partition coefficient (Wildman–Crippen LogP) is 2.35. The van der Waals surface area contributed by atoms with Crippen LogP contribution >= 0.6 is 45.2 Å². The van der Waals surface area contributed by atoms with Gasteiger partial charge in [-0.25, -0.2) is 0 Å². The molecule has 0 radical (unpaired) electrons. The van der Waals surface area contributed by atoms with Crippen LogP contribution in [0.1, 0.15) is 24.2 Å². The predicted molar refractivity (Wildman–Crippen MR) is 86.7 cm³/mol. The van der Waals surface area contributed by atoms with Crippen molar-refractivity contribution < 1.29 is 15.0 Å². The normalized spacial score (nSPS) is 12.6. The molecule has 0 bridgehead atoms. The molecule has 1 aromatic rings. The average molecular weight is 475 g/mol. The van der Waals surface area contributed by atoms with Crippen molar-refractivity contribution in [2.75, 3.05) is 6.54 Å². The van der Waals surface area contributed by atoms with Crippen LogP contribution in [0.4, 0.5) is 0 Å². The lowest BCUT2D eigenvalue weighted by Gasteiger charge is -2.15. The lowest BCUT2D eigenvalue weighted by Crippen LogP contribution is -2.34. The second kappa shape index (κ2) is 6.90. The van der Waals surface area contributed by atoms with Crippen LogP contribution in [0.3, 0.4) is 0 Å². The van der Waals surface area contributed by atoms with Gasteiger partial charge in [0.2, 0.25) is 0 Å². The number of carbonyl (C=O) groups excluding carboxylic acids is 1. The number of phenolic OH excluding ortho intramolecular Hbond substituents is 1. The van der Waals surface area contributed by atoms with Gasteiger partial charge in [-0.15, -0.1) is 0 Å². The maximum Gasteiger partial charge on any atom is 0.255 e. The highest BCUT2D eigenvalue weighted by molar-refractivity contribution is 14.1. The summed E-state index contributed by atoms with van der Waals surface area (Å²) in [6.07, 6.45) is -0.585. The molecule has 0 saturated heterocycles. The van der Waals surface area contributed by atoms with Gasteiger partial charge in [-0.05, 0) is 63.2 Å². The van der Waals surface area contributed by atoms with Gasteiger partial charge >= 0.3 is 0 Å². The Morgan fingerprint density at radius 3 is 2.56 bits per heavy atom. The minimum atomic E-state index is -0.585. The van der Waals surface area contributed by atoms with Crippen molar-refractivity contribution in [1.29, 1.82) is 0 Å². The Labute approximate surface area is 133 Å². The van der Waals surface area contributed by atoms with E-state index in [4.69, 9.17) is 0 Å². The summed E-state index contributed by atoms with van der Waals surface area (Å²) in [6.45, 7) is 3.93. The number of carbonyl (C=O) groups is 1. The van der Waals surface area contributed by atoms with Crippen LogP contribution in [-0.2, 0) is 0 Å². The fourth-order valence-electron chi connectivity index (χ4n) is 1.27. The van der Waals surface area contributed by atoms with Crippen LogP contribution in [0.15, 0.2) is 12.1 Å². The van der Waals surface area contributed by atoms with Gasteiger partial charge in [-0.2, -0.15) is 0 Å². The van der Waals surface area contributed by atoms with Crippen molar-refractivity contribution >= 4 is 51.1 Å². The summed E-state index contributed by atoms with van der Waals surface area (Å²) >= 11 is 4.07. The zero-order chi connectivity index (χ0) is 13.9. The number of aliphatic hydroxyl groups is 1. The number of hydrogen-bond donors (Lipinski definition) is 3. The zero-order valence-corrected chi connectivity index (χ0v) is 14.4. The minimum Gasteiger partial charge on any atom is -0.506 e. The van der Waals surface area contributed by atoms with E-state index < -0.39 is 6.10 Å². The first-order chi connectivity index (χ1) is 8.32. The number of aromatic hydroxyl groups is 1. The smallest absolute Gasteiger partial charge is 0.255 e. The Morgan fingerprint density at radius 1 is 1.39 bits per heavy atom. The van der Waals surface area contributed by atoms with Crippen molar-refractivity contribution in [2.45, 2.75) is 20.0 Å². The van der Waals surface area contributed by atoms with Crippen LogP contribution < -0.4 is 5.32 Å². The van der Waals surface area contributed by atoms with E-state index in [1.54, 1.807) is 12.1 Å². The van der Waals surface area contributed by atoms with E-state index in [0.717, 1.165) is 3.57 Å². The molecule has 6 heteroatoms. The van der Waals surface area contributed by atoms with E-state index in [0.29, 0.717) is 3.57 Å². The highest BCUT2D eigenvalue weighted by atomic mass is 127. The molecule has 18 heavy (non-hydrogen) atoms. The molecular weight excluding hydrogens is 460 g/mol. The Bertz CT molecular complexity index is 449. The lowest BCUT2D eigenvalue weighted by molar-refractivity contribution is 0.0869. The first-order valence-corrected chi connectivity index (χ1v) is 7.63. The molecule has 1 rings (SSSR count). The Hall–Kier alpha value is -0.0900. The van der Waals surface area contributed by atoms with Gasteiger partial charge in [0.15, 0.2) is 0 Å². The number of nitrogens with one attached hydrogen (secondary N) is 1. The van der Waals surface area contributed by atoms with Gasteiger partial charge in [0.05, 0.1) is 15.2 Å². The molecule has 3 N–H and O–H groups in total. The van der Waals surface area contributed by atoms with E-state index in [2.05, 4.69) is 27.9 Å². The number of benzene rings is 1. The molecule has 1 atom stereocenters. The first kappa shape index (κ1) is 16.0. The monoisotopic (exact) mass is 475 g/mol. The molecule has 0 heterocycles. The quantitative estimate of drug-likeness (QED) is 0.587. The average Bonchev–Trinajstić information content (AvgIpc) is 2.29. The van der Waals surface area contributed by atoms with Crippen molar-refractivity contribution in [2.24, 2.45) is 5.92 Å². The minimum absolute atomic E-state index is 0.0208. The number of hydrogen-bond acceptors (Lipinski definition) is 3. The van der Waals surface area contributed by atoms with Crippen LogP contribution in [0.2, 0.25) is 0 Å². The molecule has 0 aliphatic heterocycles. The second-order valence-corrected chi connectivity index (χ2v) is 6.71. The molecule has 0 aliphatic rings. The number of halogens is 2. The molecule has 0 saturated carbocycles. The first-order valence-electron chi connectivity index (χ1n) is 5.47. The molecular formula is C12H15I2NO3. The van der Waals surface area contributed by atoms with E-state index in [9.17, 15) is 15.0 Å². The standard InChI is InChI=1S/C12H15I2NO3/c1-6(2)10(16)5-15-12(18)8-3-7(13)4-9(14)11(8)17/h3-4,6,10,16-17H,5H2,1-2H3,(H,15,18). The van der Waals surface area contributed by atoms with Crippen molar-refractivity contribution in [3.05, 3.63) is 24.8 Å². The molecule has 0 fully saturated rings. The van der Waals surface area contributed by atoms with E-state index in [1.807, 2.05) is 36.4 Å². The van der Waals surface area contributed by atoms with Gasteiger partial charge in [0.1, 0.15) is 5.75 Å². The summed E-state index contributed by atoms with van der Waals surface area (Å²) in [5.74, 6) is -0.314. The third kappa shape index (κ3) is 4.23.